The highest BCUT2D eigenvalue weighted by atomic mass is 35.5. The molecule has 112 valence electrons. The van der Waals surface area contributed by atoms with Crippen LogP contribution in [0.25, 0.3) is 5.82 Å². The van der Waals surface area contributed by atoms with Crippen LogP contribution in [0.15, 0.2) is 18.2 Å². The number of aryl methyl sites for hydroxylation is 2. The molecule has 0 fully saturated rings. The molecule has 7 heteroatoms. The molecule has 6 nitrogen and oxygen atoms in total. The largest absolute Gasteiger partial charge is 0.349 e. The molecule has 0 bridgehead atoms. The van der Waals surface area contributed by atoms with E-state index in [-0.39, 0.29) is 11.6 Å². The van der Waals surface area contributed by atoms with Crippen molar-refractivity contribution in [2.75, 3.05) is 20.1 Å². The zero-order valence-corrected chi connectivity index (χ0v) is 13.0. The van der Waals surface area contributed by atoms with Gasteiger partial charge in [-0.05, 0) is 39.1 Å². The SMILES string of the molecule is CNCCNC(=O)c1nc(-n2nc(C)cc2C)ccc1Cl. The zero-order valence-electron chi connectivity index (χ0n) is 12.3. The van der Waals surface area contributed by atoms with Crippen molar-refractivity contribution in [1.29, 1.82) is 0 Å². The van der Waals surface area contributed by atoms with Crippen LogP contribution in [0, 0.1) is 13.8 Å². The first-order valence-corrected chi connectivity index (χ1v) is 7.03. The molecule has 2 N–H and O–H groups in total. The lowest BCUT2D eigenvalue weighted by molar-refractivity contribution is 0.0949. The summed E-state index contributed by atoms with van der Waals surface area (Å²) in [5.74, 6) is 0.280. The van der Waals surface area contributed by atoms with Crippen molar-refractivity contribution in [3.63, 3.8) is 0 Å². The van der Waals surface area contributed by atoms with Crippen molar-refractivity contribution in [3.05, 3.63) is 40.3 Å². The van der Waals surface area contributed by atoms with Crippen LogP contribution in [-0.2, 0) is 0 Å². The van der Waals surface area contributed by atoms with E-state index in [0.717, 1.165) is 11.4 Å². The number of nitrogens with zero attached hydrogens (tertiary/aromatic N) is 3. The average molecular weight is 308 g/mol. The quantitative estimate of drug-likeness (QED) is 0.821. The minimum Gasteiger partial charge on any atom is -0.349 e. The molecule has 1 amide bonds. The van der Waals surface area contributed by atoms with E-state index < -0.39 is 0 Å². The molecule has 0 radical (unpaired) electrons. The molecule has 0 aliphatic rings. The number of halogens is 1. The molecule has 0 aromatic carbocycles. The molecule has 0 spiro atoms. The first kappa shape index (κ1) is 15.5. The number of carbonyl (C=O) groups is 1. The van der Waals surface area contributed by atoms with Gasteiger partial charge in [-0.3, -0.25) is 4.79 Å². The van der Waals surface area contributed by atoms with Gasteiger partial charge >= 0.3 is 0 Å². The fourth-order valence-corrected chi connectivity index (χ4v) is 2.15. The number of nitrogens with one attached hydrogen (secondary N) is 2. The van der Waals surface area contributed by atoms with Gasteiger partial charge in [0.2, 0.25) is 0 Å². The fourth-order valence-electron chi connectivity index (χ4n) is 1.95. The second kappa shape index (κ2) is 6.69. The number of hydrogen-bond donors (Lipinski definition) is 2. The molecule has 2 heterocycles. The molecule has 0 unspecified atom stereocenters. The van der Waals surface area contributed by atoms with Crippen molar-refractivity contribution in [1.82, 2.24) is 25.4 Å². The molecular weight excluding hydrogens is 290 g/mol. The van der Waals surface area contributed by atoms with E-state index in [2.05, 4.69) is 20.7 Å². The van der Waals surface area contributed by atoms with Crippen LogP contribution >= 0.6 is 11.6 Å². The van der Waals surface area contributed by atoms with E-state index in [1.54, 1.807) is 16.8 Å². The van der Waals surface area contributed by atoms with Crippen LogP contribution in [0.5, 0.6) is 0 Å². The van der Waals surface area contributed by atoms with E-state index in [1.807, 2.05) is 27.0 Å². The van der Waals surface area contributed by atoms with Crippen LogP contribution in [0.2, 0.25) is 5.02 Å². The third-order valence-corrected chi connectivity index (χ3v) is 3.24. The van der Waals surface area contributed by atoms with Crippen molar-refractivity contribution >= 4 is 17.5 Å². The molecule has 0 saturated carbocycles. The number of aromatic nitrogens is 3. The Bertz CT molecular complexity index is 653. The maximum Gasteiger partial charge on any atom is 0.271 e. The lowest BCUT2D eigenvalue weighted by Gasteiger charge is -2.09. The highest BCUT2D eigenvalue weighted by Crippen LogP contribution is 2.17. The number of hydrogen-bond acceptors (Lipinski definition) is 4. The molecule has 2 aromatic rings. The number of carbonyl (C=O) groups excluding carboxylic acids is 1. The van der Waals surface area contributed by atoms with Crippen LogP contribution in [0.4, 0.5) is 0 Å². The van der Waals surface area contributed by atoms with E-state index in [9.17, 15) is 4.79 Å². The molecule has 21 heavy (non-hydrogen) atoms. The van der Waals surface area contributed by atoms with E-state index in [1.165, 1.54) is 0 Å². The van der Waals surface area contributed by atoms with Gasteiger partial charge in [-0.15, -0.1) is 0 Å². The third-order valence-electron chi connectivity index (χ3n) is 2.93. The molecule has 0 aliphatic carbocycles. The van der Waals surface area contributed by atoms with Crippen molar-refractivity contribution in [2.24, 2.45) is 0 Å². The molecule has 2 rings (SSSR count). The first-order chi connectivity index (χ1) is 10.0. The highest BCUT2D eigenvalue weighted by molar-refractivity contribution is 6.33. The van der Waals surface area contributed by atoms with Gasteiger partial charge in [0.15, 0.2) is 5.82 Å². The van der Waals surface area contributed by atoms with Crippen LogP contribution in [0.3, 0.4) is 0 Å². The van der Waals surface area contributed by atoms with Gasteiger partial charge in [-0.1, -0.05) is 11.6 Å². The third kappa shape index (κ3) is 3.59. The standard InChI is InChI=1S/C14H18ClN5O/c1-9-8-10(2)20(19-9)12-5-4-11(15)13(18-12)14(21)17-7-6-16-3/h4-5,8,16H,6-7H2,1-3H3,(H,17,21). The summed E-state index contributed by atoms with van der Waals surface area (Å²) in [5.41, 5.74) is 2.05. The maximum atomic E-state index is 12.1. The lowest BCUT2D eigenvalue weighted by atomic mass is 10.3. The Labute approximate surface area is 128 Å². The Balaban J connectivity index is 2.29. The molecule has 2 aromatic heterocycles. The monoisotopic (exact) mass is 307 g/mol. The highest BCUT2D eigenvalue weighted by Gasteiger charge is 2.14. The molecule has 0 atom stereocenters. The number of likely N-dealkylation sites (N-methyl/N-ethyl adjacent to an activating group) is 1. The smallest absolute Gasteiger partial charge is 0.271 e. The Morgan fingerprint density at radius 1 is 1.33 bits per heavy atom. The summed E-state index contributed by atoms with van der Waals surface area (Å²) in [7, 11) is 1.82. The lowest BCUT2D eigenvalue weighted by Crippen LogP contribution is -2.31. The van der Waals surface area contributed by atoms with E-state index in [0.29, 0.717) is 23.9 Å². The summed E-state index contributed by atoms with van der Waals surface area (Å²) in [6.07, 6.45) is 0. The minimum atomic E-state index is -0.293. The van der Waals surface area contributed by atoms with Crippen LogP contribution in [0.1, 0.15) is 21.9 Å². The molecule has 0 aliphatic heterocycles. The predicted octanol–water partition coefficient (Wildman–Crippen LogP) is 1.49. The van der Waals surface area contributed by atoms with Gasteiger partial charge in [-0.2, -0.15) is 5.10 Å². The van der Waals surface area contributed by atoms with Gasteiger partial charge in [-0.25, -0.2) is 9.67 Å². The topological polar surface area (TPSA) is 71.8 Å². The summed E-state index contributed by atoms with van der Waals surface area (Å²) >= 11 is 6.07. The zero-order chi connectivity index (χ0) is 15.4. The van der Waals surface area contributed by atoms with Crippen molar-refractivity contribution < 1.29 is 4.79 Å². The second-order valence-corrected chi connectivity index (χ2v) is 5.11. The van der Waals surface area contributed by atoms with E-state index >= 15 is 0 Å². The van der Waals surface area contributed by atoms with Gasteiger partial charge in [0.25, 0.3) is 5.91 Å². The molecule has 0 saturated heterocycles. The maximum absolute atomic E-state index is 12.1. The summed E-state index contributed by atoms with van der Waals surface area (Å²) in [5, 5.41) is 10.4. The van der Waals surface area contributed by atoms with Crippen LogP contribution < -0.4 is 10.6 Å². The second-order valence-electron chi connectivity index (χ2n) is 4.70. The number of amides is 1. The Hall–Kier alpha value is -1.92. The van der Waals surface area contributed by atoms with Crippen LogP contribution in [-0.4, -0.2) is 40.8 Å². The van der Waals surface area contributed by atoms with Gasteiger partial charge in [0.05, 0.1) is 10.7 Å². The fraction of sp³-hybridized carbons (Fsp3) is 0.357. The Morgan fingerprint density at radius 2 is 2.10 bits per heavy atom. The molecular formula is C14H18ClN5O. The summed E-state index contributed by atoms with van der Waals surface area (Å²) in [6, 6.07) is 5.35. The predicted molar refractivity (Wildman–Crippen MR) is 82.1 cm³/mol. The van der Waals surface area contributed by atoms with Gasteiger partial charge < -0.3 is 10.6 Å². The number of rotatable bonds is 5. The van der Waals surface area contributed by atoms with Crippen molar-refractivity contribution in [3.8, 4) is 5.82 Å². The Morgan fingerprint density at radius 3 is 2.71 bits per heavy atom. The summed E-state index contributed by atoms with van der Waals surface area (Å²) in [4.78, 5) is 16.4. The minimum absolute atomic E-state index is 0.206. The normalized spacial score (nSPS) is 10.7. The summed E-state index contributed by atoms with van der Waals surface area (Å²) < 4.78 is 1.69. The average Bonchev–Trinajstić information content (AvgIpc) is 2.78. The van der Waals surface area contributed by atoms with Crippen molar-refractivity contribution in [2.45, 2.75) is 13.8 Å². The Kier molecular flexibility index (Phi) is 4.93. The van der Waals surface area contributed by atoms with Gasteiger partial charge in [0.1, 0.15) is 5.69 Å². The van der Waals surface area contributed by atoms with Gasteiger partial charge in [0, 0.05) is 18.8 Å². The van der Waals surface area contributed by atoms with E-state index in [4.69, 9.17) is 11.6 Å². The first-order valence-electron chi connectivity index (χ1n) is 6.66. The number of pyridine rings is 1. The summed E-state index contributed by atoms with van der Waals surface area (Å²) in [6.45, 7) is 5.03.